The number of aliphatic hydroxyl groups excluding tert-OH is 4. The van der Waals surface area contributed by atoms with E-state index in [0.29, 0.717) is 0 Å². The first kappa shape index (κ1) is 27.9. The molecule has 14 heteroatoms. The normalized spacial score (nSPS) is 11.9. The second-order valence-electron chi connectivity index (χ2n) is 3.95. The van der Waals surface area contributed by atoms with E-state index in [1.165, 1.54) is 13.8 Å². The quantitative estimate of drug-likeness (QED) is 0.216. The molecule has 8 N–H and O–H groups in total. The third-order valence-corrected chi connectivity index (χ3v) is 3.13. The zero-order valence-corrected chi connectivity index (χ0v) is 14.6. The van der Waals surface area contributed by atoms with Gasteiger partial charge in [-0.25, -0.2) is 9.13 Å². The first-order valence-electron chi connectivity index (χ1n) is 6.20. The Morgan fingerprint density at radius 3 is 0.913 bits per heavy atom. The molecule has 0 radical (unpaired) electrons. The lowest BCUT2D eigenvalue weighted by Crippen LogP contribution is -2.37. The molecule has 0 aromatic rings. The molecule has 0 atom stereocenters. The second-order valence-corrected chi connectivity index (χ2v) is 6.43. The van der Waals surface area contributed by atoms with Crippen molar-refractivity contribution < 1.29 is 58.2 Å². The van der Waals surface area contributed by atoms with Gasteiger partial charge in [0.2, 0.25) is 0 Å². The molecule has 23 heavy (non-hydrogen) atoms. The van der Waals surface area contributed by atoms with Crippen LogP contribution in [0.2, 0.25) is 0 Å². The van der Waals surface area contributed by atoms with Gasteiger partial charge in [-0.15, -0.1) is 0 Å². The fourth-order valence-corrected chi connectivity index (χ4v) is 1.31. The Balaban J connectivity index is -0.000000264. The van der Waals surface area contributed by atoms with E-state index in [2.05, 4.69) is 9.05 Å². The molecule has 0 aliphatic rings. The number of phosphoric ester groups is 2. The highest BCUT2D eigenvalue weighted by Gasteiger charge is 2.26. The molecule has 0 aromatic heterocycles. The number of hydrogen-bond acceptors (Lipinski definition) is 8. The summed E-state index contributed by atoms with van der Waals surface area (Å²) in [6.45, 7) is 1.49. The van der Waals surface area contributed by atoms with Crippen LogP contribution in [0, 0.1) is 5.41 Å². The van der Waals surface area contributed by atoms with Gasteiger partial charge in [-0.05, 0) is 13.8 Å². The molecule has 0 rings (SSSR count). The minimum absolute atomic E-state index is 0.0459. The van der Waals surface area contributed by atoms with Crippen LogP contribution in [0.3, 0.4) is 0 Å². The van der Waals surface area contributed by atoms with Gasteiger partial charge in [-0.2, -0.15) is 0 Å². The van der Waals surface area contributed by atoms with Gasteiger partial charge in [0.15, 0.2) is 0 Å². The molecule has 0 aliphatic heterocycles. The SMILES string of the molecule is CCOP(=O)(O)O.CCOP(=O)(O)O.OCC(CO)(CO)CO. The van der Waals surface area contributed by atoms with E-state index in [1.54, 1.807) is 0 Å². The highest BCUT2D eigenvalue weighted by molar-refractivity contribution is 7.46. The molecule has 0 amide bonds. The van der Waals surface area contributed by atoms with E-state index < -0.39 is 47.5 Å². The Morgan fingerprint density at radius 2 is 0.913 bits per heavy atom. The molecule has 12 nitrogen and oxygen atoms in total. The predicted octanol–water partition coefficient (Wildman–Crippen LogP) is -1.83. The molecule has 0 saturated carbocycles. The zero-order chi connectivity index (χ0) is 19.2. The number of phosphoric acid groups is 2. The molecule has 0 heterocycles. The smallest absolute Gasteiger partial charge is 0.396 e. The average molecular weight is 388 g/mol. The van der Waals surface area contributed by atoms with Crippen LogP contribution in [0.4, 0.5) is 0 Å². The van der Waals surface area contributed by atoms with Crippen LogP contribution in [-0.2, 0) is 18.2 Å². The fourth-order valence-electron chi connectivity index (χ4n) is 0.636. The van der Waals surface area contributed by atoms with E-state index in [4.69, 9.17) is 40.0 Å². The summed E-state index contributed by atoms with van der Waals surface area (Å²) in [7, 11) is -8.33. The fraction of sp³-hybridized carbons (Fsp3) is 1.00. The highest BCUT2D eigenvalue weighted by Crippen LogP contribution is 2.35. The minimum atomic E-state index is -4.17. The van der Waals surface area contributed by atoms with Crippen LogP contribution >= 0.6 is 15.6 Å². The van der Waals surface area contributed by atoms with Crippen molar-refractivity contribution in [2.45, 2.75) is 13.8 Å². The van der Waals surface area contributed by atoms with Crippen molar-refractivity contribution in [3.05, 3.63) is 0 Å². The summed E-state index contributed by atoms with van der Waals surface area (Å²) < 4.78 is 27.2. The molecule has 0 unspecified atom stereocenters. The van der Waals surface area contributed by atoms with Crippen molar-refractivity contribution >= 4 is 15.6 Å². The summed E-state index contributed by atoms with van der Waals surface area (Å²) in [5.41, 5.74) is -1.11. The first-order valence-corrected chi connectivity index (χ1v) is 9.26. The largest absolute Gasteiger partial charge is 0.469 e. The predicted molar refractivity (Wildman–Crippen MR) is 78.1 cm³/mol. The van der Waals surface area contributed by atoms with E-state index in [0.717, 1.165) is 0 Å². The minimum Gasteiger partial charge on any atom is -0.396 e. The number of rotatable bonds is 8. The molecule has 0 spiro atoms. The van der Waals surface area contributed by atoms with Crippen LogP contribution in [0.15, 0.2) is 0 Å². The topological polar surface area (TPSA) is 214 Å². The van der Waals surface area contributed by atoms with Crippen LogP contribution in [0.1, 0.15) is 13.8 Å². The lowest BCUT2D eigenvalue weighted by atomic mass is 9.93. The summed E-state index contributed by atoms with van der Waals surface area (Å²) in [5.74, 6) is 0. The van der Waals surface area contributed by atoms with Crippen LogP contribution in [0.5, 0.6) is 0 Å². The van der Waals surface area contributed by atoms with Crippen molar-refractivity contribution in [3.8, 4) is 0 Å². The third kappa shape index (κ3) is 22.1. The van der Waals surface area contributed by atoms with Gasteiger partial charge in [-0.1, -0.05) is 0 Å². The third-order valence-electron chi connectivity index (χ3n) is 1.94. The van der Waals surface area contributed by atoms with Gasteiger partial charge in [-0.3, -0.25) is 9.05 Å². The van der Waals surface area contributed by atoms with E-state index in [1.807, 2.05) is 0 Å². The van der Waals surface area contributed by atoms with Gasteiger partial charge < -0.3 is 40.0 Å². The lowest BCUT2D eigenvalue weighted by molar-refractivity contribution is -0.0328. The van der Waals surface area contributed by atoms with Crippen molar-refractivity contribution in [2.24, 2.45) is 5.41 Å². The summed E-state index contributed by atoms with van der Waals surface area (Å²) >= 11 is 0. The van der Waals surface area contributed by atoms with Gasteiger partial charge in [0.05, 0.1) is 45.1 Å². The second kappa shape index (κ2) is 14.4. The summed E-state index contributed by atoms with van der Waals surface area (Å²) in [5, 5.41) is 34.0. The maximum absolute atomic E-state index is 9.70. The standard InChI is InChI=1S/C5H12O4.2C2H7O4P/c6-1-5(2-7,3-8)4-9;2*1-2-6-7(3,4)5/h6-9H,1-4H2;2*2H2,1H3,(H2,3,4,5). The van der Waals surface area contributed by atoms with E-state index in [9.17, 15) is 9.13 Å². The molecule has 0 bridgehead atoms. The van der Waals surface area contributed by atoms with Crippen molar-refractivity contribution in [3.63, 3.8) is 0 Å². The molecular formula is C9H26O12P2. The Labute approximate surface area is 133 Å². The first-order chi connectivity index (χ1) is 10.4. The lowest BCUT2D eigenvalue weighted by Gasteiger charge is -2.23. The monoisotopic (exact) mass is 388 g/mol. The van der Waals surface area contributed by atoms with Gasteiger partial charge in [0.1, 0.15) is 0 Å². The average Bonchev–Trinajstić information content (AvgIpc) is 2.41. The maximum atomic E-state index is 9.70. The molecule has 144 valence electrons. The summed E-state index contributed by atoms with van der Waals surface area (Å²) in [6, 6.07) is 0. The van der Waals surface area contributed by atoms with Crippen molar-refractivity contribution in [1.82, 2.24) is 0 Å². The Bertz CT molecular complexity index is 305. The van der Waals surface area contributed by atoms with Gasteiger partial charge >= 0.3 is 15.6 Å². The van der Waals surface area contributed by atoms with Gasteiger partial charge in [0.25, 0.3) is 0 Å². The molecule has 0 aromatic carbocycles. The van der Waals surface area contributed by atoms with Crippen LogP contribution in [-0.4, -0.2) is 79.6 Å². The Kier molecular flexibility index (Phi) is 17.5. The van der Waals surface area contributed by atoms with Crippen molar-refractivity contribution in [1.29, 1.82) is 0 Å². The molecular weight excluding hydrogens is 362 g/mol. The van der Waals surface area contributed by atoms with E-state index >= 15 is 0 Å². The zero-order valence-electron chi connectivity index (χ0n) is 12.8. The Morgan fingerprint density at radius 1 is 0.696 bits per heavy atom. The van der Waals surface area contributed by atoms with E-state index in [-0.39, 0.29) is 13.2 Å². The molecule has 0 aliphatic carbocycles. The Hall–Kier alpha value is 0.0600. The highest BCUT2D eigenvalue weighted by atomic mass is 31.2. The number of aliphatic hydroxyl groups is 4. The summed E-state index contributed by atoms with van der Waals surface area (Å²) in [6.07, 6.45) is 0. The maximum Gasteiger partial charge on any atom is 0.469 e. The molecule has 0 saturated heterocycles. The van der Waals surface area contributed by atoms with Gasteiger partial charge in [0, 0.05) is 0 Å². The van der Waals surface area contributed by atoms with Crippen molar-refractivity contribution in [2.75, 3.05) is 39.6 Å². The van der Waals surface area contributed by atoms with Crippen LogP contribution < -0.4 is 0 Å². The van der Waals surface area contributed by atoms with Crippen LogP contribution in [0.25, 0.3) is 0 Å². The number of hydrogen-bond donors (Lipinski definition) is 8. The summed E-state index contributed by atoms with van der Waals surface area (Å²) in [4.78, 5) is 31.6. The molecule has 0 fully saturated rings.